The molecule has 0 radical (unpaired) electrons. The van der Waals surface area contributed by atoms with Gasteiger partial charge in [-0.3, -0.25) is 19.5 Å². The first kappa shape index (κ1) is 17.3. The van der Waals surface area contributed by atoms with Gasteiger partial charge in [0, 0.05) is 11.5 Å². The lowest BCUT2D eigenvalue weighted by Crippen LogP contribution is -2.33. The summed E-state index contributed by atoms with van der Waals surface area (Å²) in [6, 6.07) is 14.3. The average Bonchev–Trinajstić information content (AvgIpc) is 3.16. The monoisotopic (exact) mass is 378 g/mol. The van der Waals surface area contributed by atoms with Crippen LogP contribution in [0.25, 0.3) is 16.4 Å². The van der Waals surface area contributed by atoms with Gasteiger partial charge in [-0.15, -0.1) is 0 Å². The van der Waals surface area contributed by atoms with Crippen molar-refractivity contribution in [2.75, 3.05) is 6.54 Å². The number of aromatic nitrogens is 3. The van der Waals surface area contributed by atoms with E-state index in [4.69, 9.17) is 9.84 Å². The molecule has 0 aliphatic heterocycles. The number of amides is 1. The van der Waals surface area contributed by atoms with Crippen molar-refractivity contribution in [2.24, 2.45) is 0 Å². The highest BCUT2D eigenvalue weighted by atomic mass is 16.5. The molecule has 0 aliphatic rings. The van der Waals surface area contributed by atoms with Gasteiger partial charge in [-0.2, -0.15) is 0 Å². The van der Waals surface area contributed by atoms with Gasteiger partial charge in [0.05, 0.1) is 0 Å². The standard InChI is InChI=1S/C19H14N4O5/c24-13-8-15(28-14-7-3-5-11-4-1-2-6-12(11)14)23-18(21-10-22-23)17(13)19(27)20-9-16(25)26/h1-8,10H,9H2,(H,20,27)(H,21,22)(H,25,26). The number of fused-ring (bicyclic) bond motifs is 2. The third kappa shape index (κ3) is 3.05. The van der Waals surface area contributed by atoms with Gasteiger partial charge in [0.2, 0.25) is 11.3 Å². The molecular formula is C19H14N4O5. The van der Waals surface area contributed by atoms with Gasteiger partial charge >= 0.3 is 5.97 Å². The predicted octanol–water partition coefficient (Wildman–Crippen LogP) is 1.78. The Morgan fingerprint density at radius 2 is 1.96 bits per heavy atom. The molecule has 9 heteroatoms. The summed E-state index contributed by atoms with van der Waals surface area (Å²) in [5, 5.41) is 15.5. The molecule has 0 fully saturated rings. The Kier molecular flexibility index (Phi) is 4.24. The van der Waals surface area contributed by atoms with Crippen LogP contribution in [-0.2, 0) is 4.79 Å². The second-order valence-corrected chi connectivity index (χ2v) is 5.92. The fourth-order valence-corrected chi connectivity index (χ4v) is 2.90. The van der Waals surface area contributed by atoms with Crippen LogP contribution in [0.5, 0.6) is 11.6 Å². The first-order valence-corrected chi connectivity index (χ1v) is 8.29. The highest BCUT2D eigenvalue weighted by Gasteiger charge is 2.20. The summed E-state index contributed by atoms with van der Waals surface area (Å²) in [7, 11) is 0. The number of carboxylic acids is 1. The molecule has 2 aromatic carbocycles. The number of pyridine rings is 1. The molecule has 2 aromatic heterocycles. The zero-order valence-electron chi connectivity index (χ0n) is 14.4. The molecule has 0 bridgehead atoms. The number of hydrogen-bond acceptors (Lipinski definition) is 5. The van der Waals surface area contributed by atoms with Crippen LogP contribution in [0, 0.1) is 0 Å². The van der Waals surface area contributed by atoms with Crippen LogP contribution in [-0.4, -0.2) is 38.1 Å². The number of carbonyl (C=O) groups excluding carboxylic acids is 1. The Morgan fingerprint density at radius 3 is 2.79 bits per heavy atom. The lowest BCUT2D eigenvalue weighted by atomic mass is 10.1. The summed E-state index contributed by atoms with van der Waals surface area (Å²) >= 11 is 0. The Bertz CT molecular complexity index is 1270. The Morgan fingerprint density at radius 1 is 1.18 bits per heavy atom. The van der Waals surface area contributed by atoms with Crippen molar-refractivity contribution >= 4 is 28.3 Å². The van der Waals surface area contributed by atoms with Crippen molar-refractivity contribution in [1.29, 1.82) is 0 Å². The van der Waals surface area contributed by atoms with E-state index >= 15 is 0 Å². The van der Waals surface area contributed by atoms with Crippen molar-refractivity contribution in [3.8, 4) is 11.6 Å². The summed E-state index contributed by atoms with van der Waals surface area (Å²) in [5.74, 6) is -1.37. The van der Waals surface area contributed by atoms with Crippen LogP contribution >= 0.6 is 0 Å². The van der Waals surface area contributed by atoms with Crippen LogP contribution in [0.3, 0.4) is 0 Å². The second kappa shape index (κ2) is 6.88. The first-order valence-electron chi connectivity index (χ1n) is 8.29. The fourth-order valence-electron chi connectivity index (χ4n) is 2.90. The van der Waals surface area contributed by atoms with Gasteiger partial charge < -0.3 is 15.2 Å². The van der Waals surface area contributed by atoms with Crippen LogP contribution < -0.4 is 15.5 Å². The van der Waals surface area contributed by atoms with Gasteiger partial charge in [0.25, 0.3) is 5.91 Å². The predicted molar refractivity (Wildman–Crippen MR) is 99.8 cm³/mol. The van der Waals surface area contributed by atoms with E-state index < -0.39 is 23.9 Å². The van der Waals surface area contributed by atoms with Gasteiger partial charge in [-0.25, -0.2) is 9.50 Å². The van der Waals surface area contributed by atoms with Gasteiger partial charge in [-0.05, 0) is 11.5 Å². The van der Waals surface area contributed by atoms with Crippen LogP contribution in [0.4, 0.5) is 0 Å². The molecule has 9 nitrogen and oxygen atoms in total. The molecule has 140 valence electrons. The third-order valence-electron chi connectivity index (χ3n) is 4.12. The minimum atomic E-state index is -1.22. The summed E-state index contributed by atoms with van der Waals surface area (Å²) in [6.45, 7) is -0.608. The van der Waals surface area contributed by atoms with E-state index in [1.807, 2.05) is 36.4 Å². The van der Waals surface area contributed by atoms with Gasteiger partial charge in [0.1, 0.15) is 24.2 Å². The summed E-state index contributed by atoms with van der Waals surface area (Å²) < 4.78 is 7.29. The van der Waals surface area contributed by atoms with E-state index in [1.165, 1.54) is 10.8 Å². The number of H-pyrrole nitrogens is 1. The lowest BCUT2D eigenvalue weighted by Gasteiger charge is -2.11. The molecule has 3 N–H and O–H groups in total. The molecule has 0 unspecified atom stereocenters. The summed E-state index contributed by atoms with van der Waals surface area (Å²) in [5.41, 5.74) is -0.872. The highest BCUT2D eigenvalue weighted by Crippen LogP contribution is 2.29. The molecule has 0 saturated carbocycles. The number of benzene rings is 2. The topological polar surface area (TPSA) is 126 Å². The quantitative estimate of drug-likeness (QED) is 0.486. The molecule has 0 saturated heterocycles. The van der Waals surface area contributed by atoms with Crippen molar-refractivity contribution in [1.82, 2.24) is 19.9 Å². The van der Waals surface area contributed by atoms with Crippen molar-refractivity contribution in [2.45, 2.75) is 0 Å². The van der Waals surface area contributed by atoms with Crippen molar-refractivity contribution in [3.63, 3.8) is 0 Å². The zero-order valence-corrected chi connectivity index (χ0v) is 14.4. The fraction of sp³-hybridized carbons (Fsp3) is 0.0526. The maximum atomic E-state index is 12.5. The van der Waals surface area contributed by atoms with Crippen molar-refractivity contribution in [3.05, 3.63) is 70.6 Å². The molecule has 4 rings (SSSR count). The Hall–Kier alpha value is -4.14. The number of nitrogens with zero attached hydrogens (tertiary/aromatic N) is 2. The minimum absolute atomic E-state index is 0.0330. The number of carbonyl (C=O) groups is 2. The van der Waals surface area contributed by atoms with E-state index in [1.54, 1.807) is 6.07 Å². The molecule has 0 spiro atoms. The number of rotatable bonds is 5. The molecule has 1 amide bonds. The van der Waals surface area contributed by atoms with Gasteiger partial charge in [0.15, 0.2) is 5.65 Å². The van der Waals surface area contributed by atoms with Crippen molar-refractivity contribution < 1.29 is 19.4 Å². The molecule has 4 aromatic rings. The average molecular weight is 378 g/mol. The smallest absolute Gasteiger partial charge is 0.322 e. The maximum absolute atomic E-state index is 12.5. The normalized spacial score (nSPS) is 10.9. The Labute approximate surface area is 157 Å². The molecule has 0 aliphatic carbocycles. The number of hydrogen-bond donors (Lipinski definition) is 3. The number of carboxylic acid groups (broad SMARTS) is 1. The third-order valence-corrected chi connectivity index (χ3v) is 4.12. The summed E-state index contributed by atoms with van der Waals surface area (Å²) in [4.78, 5) is 39.4. The SMILES string of the molecule is O=C(O)CNC(=O)c1c(=O)cc(Oc2cccc3ccccc23)n2[nH]cnc12. The first-order chi connectivity index (χ1) is 13.5. The molecular weight excluding hydrogens is 364 g/mol. The number of aliphatic carboxylic acids is 1. The second-order valence-electron chi connectivity index (χ2n) is 5.92. The Balaban J connectivity index is 1.78. The van der Waals surface area contributed by atoms with E-state index in [9.17, 15) is 14.4 Å². The lowest BCUT2D eigenvalue weighted by molar-refractivity contribution is -0.135. The molecule has 28 heavy (non-hydrogen) atoms. The largest absolute Gasteiger partial charge is 0.480 e. The molecule has 0 atom stereocenters. The maximum Gasteiger partial charge on any atom is 0.322 e. The number of aromatic amines is 1. The minimum Gasteiger partial charge on any atom is -0.480 e. The number of ether oxygens (including phenoxy) is 1. The van der Waals surface area contributed by atoms with E-state index in [2.05, 4.69) is 15.4 Å². The van der Waals surface area contributed by atoms with Crippen LogP contribution in [0.2, 0.25) is 0 Å². The highest BCUT2D eigenvalue weighted by molar-refractivity contribution is 6.00. The van der Waals surface area contributed by atoms with Crippen LogP contribution in [0.1, 0.15) is 10.4 Å². The zero-order chi connectivity index (χ0) is 19.7. The van der Waals surface area contributed by atoms with E-state index in [0.717, 1.165) is 16.8 Å². The number of nitrogens with one attached hydrogen (secondary N) is 2. The van der Waals surface area contributed by atoms with E-state index in [-0.39, 0.29) is 17.1 Å². The molecule has 2 heterocycles. The van der Waals surface area contributed by atoms with Gasteiger partial charge in [-0.1, -0.05) is 36.4 Å². The van der Waals surface area contributed by atoms with E-state index in [0.29, 0.717) is 5.75 Å². The summed E-state index contributed by atoms with van der Waals surface area (Å²) in [6.07, 6.45) is 1.30. The van der Waals surface area contributed by atoms with Crippen LogP contribution in [0.15, 0.2) is 59.7 Å².